The number of carbonyl (C=O) groups excluding carboxylic acids is 1. The van der Waals surface area contributed by atoms with Gasteiger partial charge in [0.15, 0.2) is 11.5 Å². The number of anilines is 3. The number of rotatable bonds is 7. The molecule has 31 heavy (non-hydrogen) atoms. The highest BCUT2D eigenvalue weighted by molar-refractivity contribution is 6.06. The maximum atomic E-state index is 13.1. The summed E-state index contributed by atoms with van der Waals surface area (Å²) in [5.74, 6) is 0.176. The minimum absolute atomic E-state index is 0.0972. The van der Waals surface area contributed by atoms with Gasteiger partial charge in [0.25, 0.3) is 5.91 Å². The molecule has 0 bridgehead atoms. The van der Waals surface area contributed by atoms with Crippen molar-refractivity contribution in [1.82, 2.24) is 34.7 Å². The number of amides is 1. The molecule has 0 spiro atoms. The zero-order valence-corrected chi connectivity index (χ0v) is 16.6. The molecule has 156 valence electrons. The van der Waals surface area contributed by atoms with Gasteiger partial charge in [0.1, 0.15) is 17.8 Å². The number of nitrogens with one attached hydrogen (secondary N) is 2. The standard InChI is InChI=1S/C20H19N9O2/c1-13-9-24-19(26-14-10-21-12-22-11-14)18(25-13)20(31)27-17-8-16(28-29(17)6-7-30)15-4-2-3-5-23-15/h2-5,8-12,30H,6-7H2,1H3,(H,24,26)(H,27,31). The van der Waals surface area contributed by atoms with Crippen molar-refractivity contribution in [3.05, 3.63) is 66.8 Å². The van der Waals surface area contributed by atoms with E-state index in [1.807, 2.05) is 12.1 Å². The second-order valence-corrected chi connectivity index (χ2v) is 6.49. The lowest BCUT2D eigenvalue weighted by Crippen LogP contribution is -2.20. The van der Waals surface area contributed by atoms with Crippen molar-refractivity contribution >= 4 is 23.2 Å². The molecule has 0 aromatic carbocycles. The quantitative estimate of drug-likeness (QED) is 0.410. The Labute approximate surface area is 177 Å². The first-order chi connectivity index (χ1) is 15.1. The van der Waals surface area contributed by atoms with E-state index < -0.39 is 5.91 Å². The molecule has 4 aromatic rings. The fraction of sp³-hybridized carbons (Fsp3) is 0.150. The van der Waals surface area contributed by atoms with Crippen molar-refractivity contribution in [2.75, 3.05) is 17.2 Å². The Bertz CT molecular complexity index is 1180. The van der Waals surface area contributed by atoms with Crippen molar-refractivity contribution in [3.8, 4) is 11.4 Å². The highest BCUT2D eigenvalue weighted by Crippen LogP contribution is 2.22. The van der Waals surface area contributed by atoms with Gasteiger partial charge in [-0.15, -0.1) is 0 Å². The number of aliphatic hydroxyl groups excluding tert-OH is 1. The Morgan fingerprint density at radius 3 is 2.71 bits per heavy atom. The largest absolute Gasteiger partial charge is 0.394 e. The highest BCUT2D eigenvalue weighted by atomic mass is 16.3. The van der Waals surface area contributed by atoms with Crippen LogP contribution in [0.2, 0.25) is 0 Å². The summed E-state index contributed by atoms with van der Waals surface area (Å²) in [6, 6.07) is 7.16. The van der Waals surface area contributed by atoms with Crippen LogP contribution in [0.3, 0.4) is 0 Å². The molecule has 11 heteroatoms. The van der Waals surface area contributed by atoms with E-state index in [9.17, 15) is 9.90 Å². The molecule has 0 aliphatic heterocycles. The average Bonchev–Trinajstić information content (AvgIpc) is 3.19. The summed E-state index contributed by atoms with van der Waals surface area (Å²) in [7, 11) is 0. The number of nitrogens with zero attached hydrogens (tertiary/aromatic N) is 7. The van der Waals surface area contributed by atoms with Gasteiger partial charge in [0, 0.05) is 12.3 Å². The van der Waals surface area contributed by atoms with E-state index in [1.165, 1.54) is 11.0 Å². The van der Waals surface area contributed by atoms with Crippen LogP contribution < -0.4 is 10.6 Å². The first-order valence-electron chi connectivity index (χ1n) is 9.41. The van der Waals surface area contributed by atoms with Crippen molar-refractivity contribution in [1.29, 1.82) is 0 Å². The number of hydrogen-bond acceptors (Lipinski definition) is 9. The number of aromatic nitrogens is 7. The van der Waals surface area contributed by atoms with E-state index in [-0.39, 0.29) is 24.7 Å². The lowest BCUT2D eigenvalue weighted by atomic mass is 10.3. The van der Waals surface area contributed by atoms with Gasteiger partial charge in [-0.2, -0.15) is 5.10 Å². The number of aliphatic hydroxyl groups is 1. The number of hydrogen-bond donors (Lipinski definition) is 3. The molecular weight excluding hydrogens is 398 g/mol. The lowest BCUT2D eigenvalue weighted by molar-refractivity contribution is 0.102. The molecule has 4 aromatic heterocycles. The molecule has 0 saturated heterocycles. The molecule has 11 nitrogen and oxygen atoms in total. The molecule has 4 rings (SSSR count). The van der Waals surface area contributed by atoms with Crippen molar-refractivity contribution in [3.63, 3.8) is 0 Å². The molecule has 0 radical (unpaired) electrons. The van der Waals surface area contributed by atoms with Crippen LogP contribution in [0, 0.1) is 6.92 Å². The summed E-state index contributed by atoms with van der Waals surface area (Å²) in [5.41, 5.74) is 2.46. The Morgan fingerprint density at radius 2 is 1.97 bits per heavy atom. The van der Waals surface area contributed by atoms with Gasteiger partial charge < -0.3 is 15.7 Å². The summed E-state index contributed by atoms with van der Waals surface area (Å²) in [4.78, 5) is 33.9. The fourth-order valence-electron chi connectivity index (χ4n) is 2.82. The second kappa shape index (κ2) is 9.05. The summed E-state index contributed by atoms with van der Waals surface area (Å²) in [6.45, 7) is 1.81. The molecule has 0 aliphatic carbocycles. The molecule has 0 atom stereocenters. The monoisotopic (exact) mass is 417 g/mol. The van der Waals surface area contributed by atoms with Gasteiger partial charge in [-0.05, 0) is 19.1 Å². The van der Waals surface area contributed by atoms with Crippen LogP contribution in [0.4, 0.5) is 17.3 Å². The average molecular weight is 417 g/mol. The van der Waals surface area contributed by atoms with Crippen LogP contribution >= 0.6 is 0 Å². The molecule has 1 amide bonds. The van der Waals surface area contributed by atoms with Crippen LogP contribution in [-0.4, -0.2) is 52.3 Å². The third-order valence-corrected chi connectivity index (χ3v) is 4.19. The minimum Gasteiger partial charge on any atom is -0.394 e. The Morgan fingerprint density at radius 1 is 1.13 bits per heavy atom. The molecule has 0 unspecified atom stereocenters. The van der Waals surface area contributed by atoms with Gasteiger partial charge >= 0.3 is 0 Å². The van der Waals surface area contributed by atoms with Crippen LogP contribution in [0.25, 0.3) is 11.4 Å². The van der Waals surface area contributed by atoms with E-state index in [0.29, 0.717) is 28.6 Å². The Balaban J connectivity index is 1.64. The molecule has 0 fully saturated rings. The number of aryl methyl sites for hydroxylation is 1. The summed E-state index contributed by atoms with van der Waals surface area (Å²) in [5, 5.41) is 19.6. The van der Waals surface area contributed by atoms with Gasteiger partial charge in [-0.25, -0.2) is 24.6 Å². The third-order valence-electron chi connectivity index (χ3n) is 4.19. The lowest BCUT2D eigenvalue weighted by Gasteiger charge is -2.11. The fourth-order valence-corrected chi connectivity index (χ4v) is 2.82. The normalized spacial score (nSPS) is 10.6. The summed E-state index contributed by atoms with van der Waals surface area (Å²) >= 11 is 0. The predicted octanol–water partition coefficient (Wildman–Crippen LogP) is 1.82. The van der Waals surface area contributed by atoms with E-state index in [1.54, 1.807) is 43.8 Å². The molecule has 0 saturated carbocycles. The molecular formula is C20H19N9O2. The summed E-state index contributed by atoms with van der Waals surface area (Å²) < 4.78 is 1.50. The Hall–Kier alpha value is -4.25. The van der Waals surface area contributed by atoms with Crippen LogP contribution in [0.5, 0.6) is 0 Å². The molecule has 4 heterocycles. The predicted molar refractivity (Wildman–Crippen MR) is 113 cm³/mol. The maximum Gasteiger partial charge on any atom is 0.279 e. The van der Waals surface area contributed by atoms with Gasteiger partial charge in [0.2, 0.25) is 0 Å². The molecule has 0 aliphatic rings. The first-order valence-corrected chi connectivity index (χ1v) is 9.41. The smallest absolute Gasteiger partial charge is 0.279 e. The minimum atomic E-state index is -0.484. The molecule has 3 N–H and O–H groups in total. The van der Waals surface area contributed by atoms with Crippen LogP contribution in [0.15, 0.2) is 55.4 Å². The number of pyridine rings is 1. The van der Waals surface area contributed by atoms with E-state index in [0.717, 1.165) is 0 Å². The number of carbonyl (C=O) groups is 1. The zero-order valence-electron chi connectivity index (χ0n) is 16.6. The van der Waals surface area contributed by atoms with Crippen molar-refractivity contribution < 1.29 is 9.90 Å². The highest BCUT2D eigenvalue weighted by Gasteiger charge is 2.19. The summed E-state index contributed by atoms with van der Waals surface area (Å²) in [6.07, 6.45) is 7.74. The Kier molecular flexibility index (Phi) is 5.85. The van der Waals surface area contributed by atoms with E-state index >= 15 is 0 Å². The van der Waals surface area contributed by atoms with Gasteiger partial charge in [-0.3, -0.25) is 9.78 Å². The van der Waals surface area contributed by atoms with Crippen LogP contribution in [0.1, 0.15) is 16.2 Å². The van der Waals surface area contributed by atoms with E-state index in [2.05, 4.69) is 40.7 Å². The SMILES string of the molecule is Cc1cnc(Nc2cncnc2)c(C(=O)Nc2cc(-c3ccccn3)nn2CCO)n1. The van der Waals surface area contributed by atoms with Crippen molar-refractivity contribution in [2.45, 2.75) is 13.5 Å². The maximum absolute atomic E-state index is 13.1. The first kappa shape index (κ1) is 20.0. The second-order valence-electron chi connectivity index (χ2n) is 6.49. The van der Waals surface area contributed by atoms with Crippen molar-refractivity contribution in [2.24, 2.45) is 0 Å². The topological polar surface area (TPSA) is 144 Å². The van der Waals surface area contributed by atoms with Crippen LogP contribution in [-0.2, 0) is 6.54 Å². The van der Waals surface area contributed by atoms with Gasteiger partial charge in [-0.1, -0.05) is 6.07 Å². The van der Waals surface area contributed by atoms with E-state index in [4.69, 9.17) is 0 Å². The van der Waals surface area contributed by atoms with Gasteiger partial charge in [0.05, 0.1) is 48.8 Å². The zero-order chi connectivity index (χ0) is 21.6. The third kappa shape index (κ3) is 4.67.